The van der Waals surface area contributed by atoms with Crippen LogP contribution >= 0.6 is 23.2 Å². The Labute approximate surface area is 149 Å². The zero-order valence-electron chi connectivity index (χ0n) is 12.9. The number of nitrogens with one attached hydrogen (secondary N) is 2. The molecule has 0 heterocycles. The van der Waals surface area contributed by atoms with Gasteiger partial charge in [-0.1, -0.05) is 59.6 Å². The molecule has 2 aromatic carbocycles. The number of esters is 1. The molecule has 5 nitrogen and oxygen atoms in total. The SMILES string of the molecule is COC(=O)[C@@H](Cc1ccccc1)NC(=O)Nc1cccc(Cl)c1Cl. The summed E-state index contributed by atoms with van der Waals surface area (Å²) in [5, 5.41) is 5.71. The minimum absolute atomic E-state index is 0.229. The molecule has 0 saturated heterocycles. The molecule has 2 rings (SSSR count). The standard InChI is InChI=1S/C17H16Cl2N2O3/c1-24-16(22)14(10-11-6-3-2-4-7-11)21-17(23)20-13-9-5-8-12(18)15(13)19/h2-9,14H,10H2,1H3,(H2,20,21,23)/t14-/m1/s1. The Balaban J connectivity index is 2.07. The highest BCUT2D eigenvalue weighted by Crippen LogP contribution is 2.29. The van der Waals surface area contributed by atoms with Crippen molar-refractivity contribution in [2.45, 2.75) is 12.5 Å². The third kappa shape index (κ3) is 4.88. The zero-order chi connectivity index (χ0) is 17.5. The summed E-state index contributed by atoms with van der Waals surface area (Å²) in [6.45, 7) is 0. The minimum atomic E-state index is -0.824. The molecule has 126 valence electrons. The number of urea groups is 1. The van der Waals surface area contributed by atoms with E-state index in [9.17, 15) is 9.59 Å². The number of methoxy groups -OCH3 is 1. The van der Waals surface area contributed by atoms with Gasteiger partial charge in [-0.15, -0.1) is 0 Å². The van der Waals surface area contributed by atoms with E-state index in [1.165, 1.54) is 7.11 Å². The van der Waals surface area contributed by atoms with E-state index in [1.54, 1.807) is 18.2 Å². The van der Waals surface area contributed by atoms with Crippen molar-refractivity contribution in [1.29, 1.82) is 0 Å². The van der Waals surface area contributed by atoms with Gasteiger partial charge in [0, 0.05) is 6.42 Å². The Morgan fingerprint density at radius 1 is 1.08 bits per heavy atom. The molecule has 0 fully saturated rings. The summed E-state index contributed by atoms with van der Waals surface area (Å²) in [4.78, 5) is 24.1. The summed E-state index contributed by atoms with van der Waals surface area (Å²) in [7, 11) is 1.27. The topological polar surface area (TPSA) is 67.4 Å². The molecule has 24 heavy (non-hydrogen) atoms. The number of hydrogen-bond donors (Lipinski definition) is 2. The van der Waals surface area contributed by atoms with Crippen molar-refractivity contribution < 1.29 is 14.3 Å². The Bertz CT molecular complexity index is 723. The summed E-state index contributed by atoms with van der Waals surface area (Å²) in [5.41, 5.74) is 1.25. The summed E-state index contributed by atoms with van der Waals surface area (Å²) in [6.07, 6.45) is 0.310. The van der Waals surface area contributed by atoms with Crippen molar-refractivity contribution >= 4 is 40.9 Å². The summed E-state index contributed by atoms with van der Waals surface area (Å²) in [6, 6.07) is 12.8. The van der Waals surface area contributed by atoms with E-state index in [0.717, 1.165) is 5.56 Å². The molecular weight excluding hydrogens is 351 g/mol. The van der Waals surface area contributed by atoms with Crippen LogP contribution in [0.25, 0.3) is 0 Å². The average Bonchev–Trinajstić information content (AvgIpc) is 2.58. The molecule has 0 aliphatic heterocycles. The van der Waals surface area contributed by atoms with E-state index in [4.69, 9.17) is 27.9 Å². The van der Waals surface area contributed by atoms with Crippen LogP contribution in [-0.2, 0) is 16.0 Å². The van der Waals surface area contributed by atoms with E-state index >= 15 is 0 Å². The lowest BCUT2D eigenvalue weighted by molar-refractivity contribution is -0.142. The fourth-order valence-corrected chi connectivity index (χ4v) is 2.45. The maximum absolute atomic E-state index is 12.2. The number of amides is 2. The predicted octanol–water partition coefficient (Wildman–Crippen LogP) is 3.90. The van der Waals surface area contributed by atoms with Gasteiger partial charge in [-0.3, -0.25) is 0 Å². The van der Waals surface area contributed by atoms with Gasteiger partial charge in [0.25, 0.3) is 0 Å². The minimum Gasteiger partial charge on any atom is -0.467 e. The van der Waals surface area contributed by atoms with E-state index in [-0.39, 0.29) is 5.02 Å². The maximum atomic E-state index is 12.2. The highest BCUT2D eigenvalue weighted by atomic mass is 35.5. The summed E-state index contributed by atoms with van der Waals surface area (Å²) in [5.74, 6) is -0.536. The summed E-state index contributed by atoms with van der Waals surface area (Å²) < 4.78 is 4.75. The second-order valence-corrected chi connectivity index (χ2v) is 5.75. The van der Waals surface area contributed by atoms with Crippen molar-refractivity contribution in [3.63, 3.8) is 0 Å². The molecule has 0 unspecified atom stereocenters. The molecule has 7 heteroatoms. The van der Waals surface area contributed by atoms with Gasteiger partial charge in [0.05, 0.1) is 22.8 Å². The average molecular weight is 367 g/mol. The molecule has 1 atom stereocenters. The van der Waals surface area contributed by atoms with E-state index in [1.807, 2.05) is 30.3 Å². The highest BCUT2D eigenvalue weighted by Gasteiger charge is 2.22. The number of carbonyl (C=O) groups excluding carboxylic acids is 2. The van der Waals surface area contributed by atoms with Crippen molar-refractivity contribution in [2.24, 2.45) is 0 Å². The monoisotopic (exact) mass is 366 g/mol. The largest absolute Gasteiger partial charge is 0.467 e. The Kier molecular flexibility index (Phi) is 6.46. The van der Waals surface area contributed by atoms with Gasteiger partial charge in [0.15, 0.2) is 0 Å². The van der Waals surface area contributed by atoms with Crippen LogP contribution in [0.3, 0.4) is 0 Å². The Hall–Kier alpha value is -2.24. The molecule has 2 N–H and O–H groups in total. The molecule has 0 aliphatic carbocycles. The Morgan fingerprint density at radius 3 is 2.46 bits per heavy atom. The van der Waals surface area contributed by atoms with Crippen molar-refractivity contribution in [1.82, 2.24) is 5.32 Å². The molecular formula is C17H16Cl2N2O3. The van der Waals surface area contributed by atoms with Crippen LogP contribution in [0.1, 0.15) is 5.56 Å². The number of anilines is 1. The molecule has 0 saturated carbocycles. The van der Waals surface area contributed by atoms with Gasteiger partial charge in [-0.2, -0.15) is 0 Å². The van der Waals surface area contributed by atoms with Crippen LogP contribution in [0.5, 0.6) is 0 Å². The molecule has 2 amide bonds. The lowest BCUT2D eigenvalue weighted by atomic mass is 10.1. The second kappa shape index (κ2) is 8.57. The third-order valence-electron chi connectivity index (χ3n) is 3.27. The van der Waals surface area contributed by atoms with Crippen molar-refractivity contribution in [3.8, 4) is 0 Å². The number of benzene rings is 2. The molecule has 0 bridgehead atoms. The normalized spacial score (nSPS) is 11.5. The molecule has 2 aromatic rings. The molecule has 0 radical (unpaired) electrons. The van der Waals surface area contributed by atoms with Crippen LogP contribution < -0.4 is 10.6 Å². The molecule has 0 spiro atoms. The number of ether oxygens (including phenoxy) is 1. The molecule has 0 aliphatic rings. The van der Waals surface area contributed by atoms with E-state index in [0.29, 0.717) is 17.1 Å². The highest BCUT2D eigenvalue weighted by molar-refractivity contribution is 6.43. The van der Waals surface area contributed by atoms with Gasteiger partial charge in [0.1, 0.15) is 6.04 Å². The van der Waals surface area contributed by atoms with E-state index in [2.05, 4.69) is 10.6 Å². The third-order valence-corrected chi connectivity index (χ3v) is 4.09. The first kappa shape index (κ1) is 18.1. The quantitative estimate of drug-likeness (QED) is 0.788. The lowest BCUT2D eigenvalue weighted by Gasteiger charge is -2.17. The van der Waals surface area contributed by atoms with Crippen LogP contribution in [0.4, 0.5) is 10.5 Å². The Morgan fingerprint density at radius 2 is 1.79 bits per heavy atom. The van der Waals surface area contributed by atoms with Crippen LogP contribution in [0, 0.1) is 0 Å². The van der Waals surface area contributed by atoms with Crippen molar-refractivity contribution in [3.05, 3.63) is 64.1 Å². The first-order valence-corrected chi connectivity index (χ1v) is 7.90. The maximum Gasteiger partial charge on any atom is 0.328 e. The fourth-order valence-electron chi connectivity index (χ4n) is 2.10. The molecule has 0 aromatic heterocycles. The first-order valence-electron chi connectivity index (χ1n) is 7.14. The van der Waals surface area contributed by atoms with Crippen LogP contribution in [0.2, 0.25) is 10.0 Å². The van der Waals surface area contributed by atoms with Gasteiger partial charge in [-0.05, 0) is 17.7 Å². The number of halogens is 2. The number of hydrogen-bond acceptors (Lipinski definition) is 3. The number of carbonyl (C=O) groups is 2. The van der Waals surface area contributed by atoms with Crippen LogP contribution in [0.15, 0.2) is 48.5 Å². The van der Waals surface area contributed by atoms with E-state index < -0.39 is 18.0 Å². The zero-order valence-corrected chi connectivity index (χ0v) is 14.4. The fraction of sp³-hybridized carbons (Fsp3) is 0.176. The lowest BCUT2D eigenvalue weighted by Crippen LogP contribution is -2.45. The number of rotatable bonds is 5. The predicted molar refractivity (Wildman–Crippen MR) is 94.6 cm³/mol. The van der Waals surface area contributed by atoms with Gasteiger partial charge in [0.2, 0.25) is 0 Å². The van der Waals surface area contributed by atoms with Crippen molar-refractivity contribution in [2.75, 3.05) is 12.4 Å². The van der Waals surface area contributed by atoms with Gasteiger partial charge < -0.3 is 15.4 Å². The van der Waals surface area contributed by atoms with Gasteiger partial charge >= 0.3 is 12.0 Å². The second-order valence-electron chi connectivity index (χ2n) is 4.97. The van der Waals surface area contributed by atoms with Gasteiger partial charge in [-0.25, -0.2) is 9.59 Å². The van der Waals surface area contributed by atoms with Crippen LogP contribution in [-0.4, -0.2) is 25.2 Å². The smallest absolute Gasteiger partial charge is 0.328 e. The summed E-state index contributed by atoms with van der Waals surface area (Å²) >= 11 is 11.9. The first-order chi connectivity index (χ1) is 11.5.